The topological polar surface area (TPSA) is 46.9 Å². The smallest absolute Gasteiger partial charge is 0.209 e. The summed E-state index contributed by atoms with van der Waals surface area (Å²) in [6, 6.07) is 26.8. The second-order valence-corrected chi connectivity index (χ2v) is 8.57. The van der Waals surface area contributed by atoms with Gasteiger partial charge in [0.2, 0.25) is 5.95 Å². The predicted molar refractivity (Wildman–Crippen MR) is 123 cm³/mol. The van der Waals surface area contributed by atoms with Crippen LogP contribution >= 0.6 is 0 Å². The molecule has 0 fully saturated rings. The Balaban J connectivity index is 1.55. The fourth-order valence-electron chi connectivity index (χ4n) is 5.14. The molecule has 1 aromatic heterocycles. The minimum atomic E-state index is -0.164. The minimum absolute atomic E-state index is 0.164. The van der Waals surface area contributed by atoms with Crippen molar-refractivity contribution in [2.45, 2.75) is 31.7 Å². The van der Waals surface area contributed by atoms with E-state index in [0.29, 0.717) is 6.42 Å². The van der Waals surface area contributed by atoms with Crippen LogP contribution in [0.15, 0.2) is 90.1 Å². The second kappa shape index (κ2) is 6.95. The molecule has 4 heteroatoms. The summed E-state index contributed by atoms with van der Waals surface area (Å²) in [5.41, 5.74) is 7.42. The first kappa shape index (κ1) is 18.1. The fourth-order valence-corrected chi connectivity index (χ4v) is 5.14. The third kappa shape index (κ3) is 2.90. The number of fused-ring (bicyclic) bond motifs is 3. The van der Waals surface area contributed by atoms with Crippen LogP contribution in [0.25, 0.3) is 11.0 Å². The summed E-state index contributed by atoms with van der Waals surface area (Å²) < 4.78 is 2.20. The number of hydrogen-bond donors (Lipinski definition) is 1. The van der Waals surface area contributed by atoms with Crippen LogP contribution in [0.2, 0.25) is 0 Å². The number of aromatic nitrogens is 2. The summed E-state index contributed by atoms with van der Waals surface area (Å²) in [6.07, 6.45) is 1.35. The van der Waals surface area contributed by atoms with E-state index in [4.69, 9.17) is 4.98 Å². The van der Waals surface area contributed by atoms with Gasteiger partial charge in [0.1, 0.15) is 0 Å². The average Bonchev–Trinajstić information content (AvgIpc) is 3.16. The number of rotatable bonds is 2. The molecule has 1 aliphatic heterocycles. The summed E-state index contributed by atoms with van der Waals surface area (Å²) in [5.74, 6) is 1.22. The molecule has 152 valence electrons. The molecular weight excluding hydrogens is 382 g/mol. The highest BCUT2D eigenvalue weighted by Gasteiger charge is 2.39. The lowest BCUT2D eigenvalue weighted by atomic mass is 9.77. The Morgan fingerprint density at radius 1 is 0.903 bits per heavy atom. The molecule has 0 saturated carbocycles. The maximum atomic E-state index is 13.6. The van der Waals surface area contributed by atoms with Gasteiger partial charge in [0.15, 0.2) is 5.78 Å². The van der Waals surface area contributed by atoms with Gasteiger partial charge in [-0.05, 0) is 42.5 Å². The zero-order valence-electron chi connectivity index (χ0n) is 17.4. The molecule has 2 atom stereocenters. The van der Waals surface area contributed by atoms with E-state index >= 15 is 0 Å². The zero-order chi connectivity index (χ0) is 20.9. The molecule has 0 amide bonds. The standard InChI is InChI=1S/C27H23N3O/c1-17-8-7-11-19(14-17)26-25-22(15-20(16-24(25)31)18-9-3-2-4-10-18)29-27-28-21-12-5-6-13-23(21)30(26)27/h2-14,20,26H,15-16H2,1H3,(H,28,29)/t20-,26-/m1/s1. The van der Waals surface area contributed by atoms with Gasteiger partial charge < -0.3 is 5.32 Å². The van der Waals surface area contributed by atoms with Gasteiger partial charge in [-0.1, -0.05) is 72.3 Å². The van der Waals surface area contributed by atoms with E-state index in [1.807, 2.05) is 36.4 Å². The Morgan fingerprint density at radius 2 is 1.68 bits per heavy atom. The first-order valence-electron chi connectivity index (χ1n) is 10.8. The number of carbonyl (C=O) groups excluding carboxylic acids is 1. The molecule has 0 bridgehead atoms. The number of imidazole rings is 1. The lowest BCUT2D eigenvalue weighted by molar-refractivity contribution is -0.116. The van der Waals surface area contributed by atoms with Crippen LogP contribution in [0, 0.1) is 6.92 Å². The Hall–Kier alpha value is -3.66. The maximum Gasteiger partial charge on any atom is 0.209 e. The van der Waals surface area contributed by atoms with E-state index in [-0.39, 0.29) is 17.7 Å². The molecule has 4 aromatic rings. The first-order chi connectivity index (χ1) is 15.2. The molecule has 0 spiro atoms. The van der Waals surface area contributed by atoms with E-state index in [2.05, 4.69) is 59.3 Å². The van der Waals surface area contributed by atoms with Gasteiger partial charge in [0.05, 0.1) is 17.1 Å². The molecule has 3 aromatic carbocycles. The fraction of sp³-hybridized carbons (Fsp3) is 0.185. The number of Topliss-reactive ketones (excluding diaryl/α,β-unsaturated/α-hetero) is 1. The Morgan fingerprint density at radius 3 is 2.52 bits per heavy atom. The quantitative estimate of drug-likeness (QED) is 0.461. The van der Waals surface area contributed by atoms with Crippen LogP contribution < -0.4 is 5.32 Å². The highest BCUT2D eigenvalue weighted by Crippen LogP contribution is 2.45. The monoisotopic (exact) mass is 405 g/mol. The summed E-state index contributed by atoms with van der Waals surface area (Å²) in [7, 11) is 0. The van der Waals surface area contributed by atoms with Crippen molar-refractivity contribution < 1.29 is 4.79 Å². The highest BCUT2D eigenvalue weighted by atomic mass is 16.1. The van der Waals surface area contributed by atoms with Gasteiger partial charge >= 0.3 is 0 Å². The molecule has 0 unspecified atom stereocenters. The summed E-state index contributed by atoms with van der Waals surface area (Å²) in [4.78, 5) is 18.5. The van der Waals surface area contributed by atoms with Crippen molar-refractivity contribution in [3.63, 3.8) is 0 Å². The largest absolute Gasteiger partial charge is 0.329 e. The van der Waals surface area contributed by atoms with Crippen LogP contribution in [0.1, 0.15) is 41.5 Å². The third-order valence-corrected chi connectivity index (χ3v) is 6.53. The van der Waals surface area contributed by atoms with Gasteiger partial charge in [0, 0.05) is 17.7 Å². The molecule has 31 heavy (non-hydrogen) atoms. The average molecular weight is 406 g/mol. The van der Waals surface area contributed by atoms with Crippen molar-refractivity contribution in [3.8, 4) is 0 Å². The Labute approximate surface area is 181 Å². The Kier molecular flexibility index (Phi) is 4.06. The van der Waals surface area contributed by atoms with Crippen LogP contribution in [0.4, 0.5) is 5.95 Å². The highest BCUT2D eigenvalue weighted by molar-refractivity contribution is 6.01. The molecule has 1 N–H and O–H groups in total. The van der Waals surface area contributed by atoms with Crippen LogP contribution in [-0.4, -0.2) is 15.3 Å². The van der Waals surface area contributed by atoms with Crippen LogP contribution in [-0.2, 0) is 4.79 Å². The number of aryl methyl sites for hydroxylation is 1. The van der Waals surface area contributed by atoms with Crippen molar-refractivity contribution in [3.05, 3.63) is 107 Å². The zero-order valence-corrected chi connectivity index (χ0v) is 17.4. The number of para-hydroxylation sites is 2. The van der Waals surface area contributed by atoms with E-state index in [1.54, 1.807) is 0 Å². The molecule has 0 saturated heterocycles. The number of ketones is 1. The number of nitrogens with zero attached hydrogens (tertiary/aromatic N) is 2. The van der Waals surface area contributed by atoms with Crippen LogP contribution in [0.5, 0.6) is 0 Å². The number of benzene rings is 3. The van der Waals surface area contributed by atoms with Crippen molar-refractivity contribution in [2.75, 3.05) is 5.32 Å². The molecular formula is C27H23N3O. The number of anilines is 1. The summed E-state index contributed by atoms with van der Waals surface area (Å²) >= 11 is 0. The molecule has 6 rings (SSSR count). The maximum absolute atomic E-state index is 13.6. The van der Waals surface area contributed by atoms with Crippen molar-refractivity contribution in [2.24, 2.45) is 0 Å². The van der Waals surface area contributed by atoms with Gasteiger partial charge in [-0.2, -0.15) is 0 Å². The predicted octanol–water partition coefficient (Wildman–Crippen LogP) is 5.76. The molecule has 4 nitrogen and oxygen atoms in total. The molecule has 0 radical (unpaired) electrons. The van der Waals surface area contributed by atoms with Gasteiger partial charge in [0.25, 0.3) is 0 Å². The normalized spacial score (nSPS) is 20.4. The van der Waals surface area contributed by atoms with Gasteiger partial charge in [-0.25, -0.2) is 4.98 Å². The van der Waals surface area contributed by atoms with Gasteiger partial charge in [-0.3, -0.25) is 9.36 Å². The van der Waals surface area contributed by atoms with E-state index in [1.165, 1.54) is 11.1 Å². The van der Waals surface area contributed by atoms with Gasteiger partial charge in [-0.15, -0.1) is 0 Å². The van der Waals surface area contributed by atoms with Crippen molar-refractivity contribution >= 4 is 22.8 Å². The summed E-state index contributed by atoms with van der Waals surface area (Å²) in [5, 5.41) is 3.54. The molecule has 2 heterocycles. The number of allylic oxidation sites excluding steroid dienone is 2. The van der Waals surface area contributed by atoms with E-state index < -0.39 is 0 Å². The lowest BCUT2D eigenvalue weighted by Crippen LogP contribution is -2.33. The lowest BCUT2D eigenvalue weighted by Gasteiger charge is -2.36. The van der Waals surface area contributed by atoms with E-state index in [0.717, 1.165) is 40.2 Å². The number of carbonyl (C=O) groups is 1. The second-order valence-electron chi connectivity index (χ2n) is 8.57. The van der Waals surface area contributed by atoms with Crippen LogP contribution in [0.3, 0.4) is 0 Å². The Bertz CT molecular complexity index is 1350. The third-order valence-electron chi connectivity index (χ3n) is 6.53. The molecule has 2 aliphatic rings. The SMILES string of the molecule is Cc1cccc([C@@H]2C3=C(C[C@@H](c4ccccc4)CC3=O)Nc3nc4ccccc4n32)c1. The molecule has 1 aliphatic carbocycles. The summed E-state index contributed by atoms with van der Waals surface area (Å²) in [6.45, 7) is 2.10. The minimum Gasteiger partial charge on any atom is -0.329 e. The van der Waals surface area contributed by atoms with Crippen molar-refractivity contribution in [1.29, 1.82) is 0 Å². The first-order valence-corrected chi connectivity index (χ1v) is 10.8. The van der Waals surface area contributed by atoms with E-state index in [9.17, 15) is 4.79 Å². The van der Waals surface area contributed by atoms with Crippen molar-refractivity contribution in [1.82, 2.24) is 9.55 Å². The number of hydrogen-bond acceptors (Lipinski definition) is 3. The number of nitrogens with one attached hydrogen (secondary N) is 1.